The highest BCUT2D eigenvalue weighted by molar-refractivity contribution is 5.92. The standard InChI is InChI=1S/C24H39N3O4/c1-8-9-13-16-27(22(29)18(4)26-23(30)31-24(5,6)7)20(21(28)25-17(2)3)19-14-11-10-12-15-19/h10-12,14-15,17-18,20H,8-9,13,16H2,1-7H3,(H,25,28)(H,26,30). The number of ether oxygens (including phenoxy) is 1. The van der Waals surface area contributed by atoms with E-state index in [9.17, 15) is 14.4 Å². The smallest absolute Gasteiger partial charge is 0.408 e. The summed E-state index contributed by atoms with van der Waals surface area (Å²) < 4.78 is 5.28. The van der Waals surface area contributed by atoms with Crippen LogP contribution in [0.5, 0.6) is 0 Å². The predicted molar refractivity (Wildman–Crippen MR) is 123 cm³/mol. The highest BCUT2D eigenvalue weighted by Gasteiger charge is 2.34. The van der Waals surface area contributed by atoms with Crippen LogP contribution < -0.4 is 10.6 Å². The van der Waals surface area contributed by atoms with Crippen molar-refractivity contribution in [2.45, 2.75) is 91.5 Å². The predicted octanol–water partition coefficient (Wildman–Crippen LogP) is 4.18. The lowest BCUT2D eigenvalue weighted by atomic mass is 10.0. The molecule has 0 aliphatic rings. The van der Waals surface area contributed by atoms with Gasteiger partial charge in [-0.05, 0) is 53.5 Å². The molecule has 1 rings (SSSR count). The van der Waals surface area contributed by atoms with Crippen molar-refractivity contribution in [2.75, 3.05) is 6.54 Å². The SMILES string of the molecule is CCCCCN(C(=O)C(C)NC(=O)OC(C)(C)C)C(C(=O)NC(C)C)c1ccccc1. The molecule has 0 radical (unpaired) electrons. The molecule has 0 spiro atoms. The summed E-state index contributed by atoms with van der Waals surface area (Å²) in [6.07, 6.45) is 2.02. The van der Waals surface area contributed by atoms with Crippen LogP contribution in [0.15, 0.2) is 30.3 Å². The van der Waals surface area contributed by atoms with Crippen LogP contribution in [0.25, 0.3) is 0 Å². The van der Waals surface area contributed by atoms with Gasteiger partial charge in [0.25, 0.3) is 0 Å². The zero-order chi connectivity index (χ0) is 23.6. The number of hydrogen-bond acceptors (Lipinski definition) is 4. The molecule has 174 valence electrons. The van der Waals surface area contributed by atoms with Gasteiger partial charge in [-0.25, -0.2) is 4.79 Å². The highest BCUT2D eigenvalue weighted by Crippen LogP contribution is 2.23. The first kappa shape index (κ1) is 26.5. The van der Waals surface area contributed by atoms with Crippen molar-refractivity contribution in [3.05, 3.63) is 35.9 Å². The Balaban J connectivity index is 3.20. The Kier molecular flexibility index (Phi) is 10.5. The monoisotopic (exact) mass is 433 g/mol. The van der Waals surface area contributed by atoms with Crippen LogP contribution in [0.4, 0.5) is 4.79 Å². The van der Waals surface area contributed by atoms with E-state index in [4.69, 9.17) is 4.74 Å². The minimum Gasteiger partial charge on any atom is -0.444 e. The number of benzene rings is 1. The van der Waals surface area contributed by atoms with E-state index in [1.54, 1.807) is 32.6 Å². The number of alkyl carbamates (subject to hydrolysis) is 1. The van der Waals surface area contributed by atoms with Gasteiger partial charge in [0.15, 0.2) is 0 Å². The van der Waals surface area contributed by atoms with Crippen molar-refractivity contribution < 1.29 is 19.1 Å². The first-order valence-electron chi connectivity index (χ1n) is 11.1. The lowest BCUT2D eigenvalue weighted by molar-refractivity contribution is -0.142. The Morgan fingerprint density at radius 2 is 1.61 bits per heavy atom. The number of unbranched alkanes of at least 4 members (excludes halogenated alkanes) is 2. The van der Waals surface area contributed by atoms with Crippen LogP contribution >= 0.6 is 0 Å². The number of nitrogens with one attached hydrogen (secondary N) is 2. The molecule has 2 unspecified atom stereocenters. The van der Waals surface area contributed by atoms with Crippen LogP contribution in [0, 0.1) is 0 Å². The molecule has 0 saturated heterocycles. The molecule has 7 nitrogen and oxygen atoms in total. The summed E-state index contributed by atoms with van der Waals surface area (Å²) in [5.74, 6) is -0.565. The van der Waals surface area contributed by atoms with Gasteiger partial charge < -0.3 is 20.3 Å². The molecule has 31 heavy (non-hydrogen) atoms. The molecule has 2 atom stereocenters. The average molecular weight is 434 g/mol. The summed E-state index contributed by atoms with van der Waals surface area (Å²) in [5, 5.41) is 5.54. The summed E-state index contributed by atoms with van der Waals surface area (Å²) in [6.45, 7) is 13.2. The fraction of sp³-hybridized carbons (Fsp3) is 0.625. The largest absolute Gasteiger partial charge is 0.444 e. The molecular weight excluding hydrogens is 394 g/mol. The van der Waals surface area contributed by atoms with Crippen LogP contribution in [0.2, 0.25) is 0 Å². The fourth-order valence-electron chi connectivity index (χ4n) is 3.17. The van der Waals surface area contributed by atoms with Crippen LogP contribution in [0.1, 0.15) is 79.3 Å². The van der Waals surface area contributed by atoms with E-state index in [2.05, 4.69) is 17.6 Å². The second-order valence-electron chi connectivity index (χ2n) is 9.08. The minimum atomic E-state index is -0.838. The van der Waals surface area contributed by atoms with Crippen molar-refractivity contribution in [1.82, 2.24) is 15.5 Å². The first-order chi connectivity index (χ1) is 14.5. The number of rotatable bonds is 10. The van der Waals surface area contributed by atoms with Gasteiger partial charge in [-0.15, -0.1) is 0 Å². The van der Waals surface area contributed by atoms with E-state index in [0.717, 1.165) is 24.8 Å². The average Bonchev–Trinajstić information content (AvgIpc) is 2.65. The maximum atomic E-state index is 13.4. The Morgan fingerprint density at radius 1 is 1.00 bits per heavy atom. The summed E-state index contributed by atoms with van der Waals surface area (Å²) in [6, 6.07) is 7.57. The van der Waals surface area contributed by atoms with E-state index in [1.165, 1.54) is 0 Å². The minimum absolute atomic E-state index is 0.0661. The van der Waals surface area contributed by atoms with E-state index >= 15 is 0 Å². The molecule has 0 saturated carbocycles. The third kappa shape index (κ3) is 9.40. The van der Waals surface area contributed by atoms with E-state index in [-0.39, 0.29) is 17.9 Å². The van der Waals surface area contributed by atoms with Gasteiger partial charge in [-0.1, -0.05) is 50.1 Å². The molecule has 2 N–H and O–H groups in total. The molecule has 0 aromatic heterocycles. The Hall–Kier alpha value is -2.57. The van der Waals surface area contributed by atoms with Gasteiger partial charge in [0.2, 0.25) is 11.8 Å². The highest BCUT2D eigenvalue weighted by atomic mass is 16.6. The molecular formula is C24H39N3O4. The third-order valence-electron chi connectivity index (χ3n) is 4.50. The van der Waals surface area contributed by atoms with Gasteiger partial charge in [0.05, 0.1) is 0 Å². The lowest BCUT2D eigenvalue weighted by Gasteiger charge is -2.34. The molecule has 3 amide bonds. The maximum absolute atomic E-state index is 13.4. The number of carbonyl (C=O) groups is 3. The van der Waals surface area contributed by atoms with E-state index < -0.39 is 23.8 Å². The second kappa shape index (κ2) is 12.3. The van der Waals surface area contributed by atoms with Crippen LogP contribution in [0.3, 0.4) is 0 Å². The number of nitrogens with zero attached hydrogens (tertiary/aromatic N) is 1. The van der Waals surface area contributed by atoms with Crippen LogP contribution in [-0.4, -0.2) is 47.0 Å². The van der Waals surface area contributed by atoms with Gasteiger partial charge in [0, 0.05) is 12.6 Å². The molecule has 0 bridgehead atoms. The third-order valence-corrected chi connectivity index (χ3v) is 4.50. The zero-order valence-corrected chi connectivity index (χ0v) is 20.0. The summed E-state index contributed by atoms with van der Waals surface area (Å²) in [4.78, 5) is 40.3. The zero-order valence-electron chi connectivity index (χ0n) is 20.0. The first-order valence-corrected chi connectivity index (χ1v) is 11.1. The molecule has 0 fully saturated rings. The number of amides is 3. The fourth-order valence-corrected chi connectivity index (χ4v) is 3.17. The molecule has 1 aromatic rings. The normalized spacial score (nSPS) is 13.3. The molecule has 0 aliphatic carbocycles. The van der Waals surface area contributed by atoms with Gasteiger partial charge in [0.1, 0.15) is 17.7 Å². The Morgan fingerprint density at radius 3 is 2.13 bits per heavy atom. The molecule has 0 heterocycles. The van der Waals surface area contributed by atoms with E-state index in [1.807, 2.05) is 44.2 Å². The lowest BCUT2D eigenvalue weighted by Crippen LogP contribution is -2.52. The quantitative estimate of drug-likeness (QED) is 0.542. The Bertz CT molecular complexity index is 713. The number of hydrogen-bond donors (Lipinski definition) is 2. The molecule has 1 aromatic carbocycles. The molecule has 7 heteroatoms. The van der Waals surface area contributed by atoms with Gasteiger partial charge in [-0.2, -0.15) is 0 Å². The second-order valence-corrected chi connectivity index (χ2v) is 9.08. The maximum Gasteiger partial charge on any atom is 0.408 e. The van der Waals surface area contributed by atoms with Crippen LogP contribution in [-0.2, 0) is 14.3 Å². The van der Waals surface area contributed by atoms with Crippen molar-refractivity contribution in [2.24, 2.45) is 0 Å². The topological polar surface area (TPSA) is 87.7 Å². The van der Waals surface area contributed by atoms with Crippen molar-refractivity contribution in [1.29, 1.82) is 0 Å². The van der Waals surface area contributed by atoms with Gasteiger partial charge in [-0.3, -0.25) is 9.59 Å². The summed E-state index contributed by atoms with van der Waals surface area (Å²) in [7, 11) is 0. The van der Waals surface area contributed by atoms with Crippen molar-refractivity contribution >= 4 is 17.9 Å². The Labute approximate surface area is 186 Å². The summed E-state index contributed by atoms with van der Waals surface area (Å²) in [5.41, 5.74) is 0.0622. The van der Waals surface area contributed by atoms with Crippen molar-refractivity contribution in [3.63, 3.8) is 0 Å². The van der Waals surface area contributed by atoms with Gasteiger partial charge >= 0.3 is 6.09 Å². The molecule has 0 aliphatic heterocycles. The number of carbonyl (C=O) groups excluding carboxylic acids is 3. The summed E-state index contributed by atoms with van der Waals surface area (Å²) >= 11 is 0. The van der Waals surface area contributed by atoms with E-state index in [0.29, 0.717) is 6.54 Å². The van der Waals surface area contributed by atoms with Crippen molar-refractivity contribution in [3.8, 4) is 0 Å².